The summed E-state index contributed by atoms with van der Waals surface area (Å²) in [5.74, 6) is 1.31. The molecule has 3 heterocycles. The Morgan fingerprint density at radius 3 is 2.64 bits per heavy atom. The van der Waals surface area contributed by atoms with Crippen LogP contribution in [0.15, 0.2) is 59.5 Å². The van der Waals surface area contributed by atoms with E-state index in [1.807, 2.05) is 49.4 Å². The summed E-state index contributed by atoms with van der Waals surface area (Å²) in [7, 11) is 0. The van der Waals surface area contributed by atoms with Crippen molar-refractivity contribution in [1.82, 2.24) is 25.0 Å². The number of nitrogens with one attached hydrogen (secondary N) is 2. The lowest BCUT2D eigenvalue weighted by Crippen LogP contribution is -2.25. The molecule has 0 aliphatic rings. The van der Waals surface area contributed by atoms with Gasteiger partial charge in [0.05, 0.1) is 23.3 Å². The van der Waals surface area contributed by atoms with E-state index in [1.165, 1.54) is 4.68 Å². The van der Waals surface area contributed by atoms with Crippen LogP contribution in [0.4, 0.5) is 11.6 Å². The molecule has 0 bridgehead atoms. The number of aromatic amines is 1. The van der Waals surface area contributed by atoms with Crippen molar-refractivity contribution in [3.63, 3.8) is 0 Å². The molecule has 0 fully saturated rings. The summed E-state index contributed by atoms with van der Waals surface area (Å²) in [6.07, 6.45) is 1.70. The zero-order valence-corrected chi connectivity index (χ0v) is 13.6. The van der Waals surface area contributed by atoms with Crippen LogP contribution >= 0.6 is 0 Å². The van der Waals surface area contributed by atoms with E-state index in [4.69, 9.17) is 0 Å². The van der Waals surface area contributed by atoms with Crippen LogP contribution in [0.5, 0.6) is 0 Å². The summed E-state index contributed by atoms with van der Waals surface area (Å²) in [4.78, 5) is 17.0. The second-order valence-electron chi connectivity index (χ2n) is 5.73. The molecule has 2 N–H and O–H groups in total. The number of hydrogen-bond acceptors (Lipinski definition) is 5. The predicted molar refractivity (Wildman–Crippen MR) is 95.9 cm³/mol. The number of fused-ring (bicyclic) bond motifs is 1. The number of nitrogens with zero attached hydrogens (tertiary/aromatic N) is 4. The molecular formula is C18H16N6O. The van der Waals surface area contributed by atoms with Gasteiger partial charge in [0, 0.05) is 17.6 Å². The standard InChI is InChI=1S/C18H16N6O/c1-12-10-16(22-21-12)20-17-14-7-2-3-8-15(14)18(25)24(23-17)11-13-6-4-5-9-19-13/h2-10H,11H2,1H3,(H2,20,21,22,23). The molecule has 0 unspecified atom stereocenters. The molecule has 25 heavy (non-hydrogen) atoms. The maximum Gasteiger partial charge on any atom is 0.275 e. The number of H-pyrrole nitrogens is 1. The molecule has 0 saturated carbocycles. The van der Waals surface area contributed by atoms with Crippen molar-refractivity contribution in [2.75, 3.05) is 5.32 Å². The Labute approximate surface area is 143 Å². The van der Waals surface area contributed by atoms with Crippen LogP contribution in [-0.4, -0.2) is 25.0 Å². The van der Waals surface area contributed by atoms with Crippen LogP contribution in [0.1, 0.15) is 11.4 Å². The maximum atomic E-state index is 12.8. The third-order valence-corrected chi connectivity index (χ3v) is 3.86. The van der Waals surface area contributed by atoms with Gasteiger partial charge in [-0.05, 0) is 25.1 Å². The average Bonchev–Trinajstić information content (AvgIpc) is 3.05. The van der Waals surface area contributed by atoms with Crippen molar-refractivity contribution in [3.05, 3.63) is 76.5 Å². The highest BCUT2D eigenvalue weighted by molar-refractivity contribution is 5.92. The topological polar surface area (TPSA) is 88.5 Å². The highest BCUT2D eigenvalue weighted by atomic mass is 16.1. The van der Waals surface area contributed by atoms with E-state index >= 15 is 0 Å². The number of pyridine rings is 1. The Bertz CT molecular complexity index is 1080. The molecule has 3 aromatic heterocycles. The molecule has 7 nitrogen and oxygen atoms in total. The molecule has 0 spiro atoms. The molecular weight excluding hydrogens is 316 g/mol. The summed E-state index contributed by atoms with van der Waals surface area (Å²) < 4.78 is 1.43. The van der Waals surface area contributed by atoms with Gasteiger partial charge >= 0.3 is 0 Å². The zero-order chi connectivity index (χ0) is 17.2. The molecule has 0 aliphatic carbocycles. The first-order chi connectivity index (χ1) is 12.2. The fraction of sp³-hybridized carbons (Fsp3) is 0.111. The molecule has 7 heteroatoms. The van der Waals surface area contributed by atoms with Gasteiger partial charge in [0.1, 0.15) is 5.82 Å². The first kappa shape index (κ1) is 15.1. The number of aromatic nitrogens is 5. The minimum absolute atomic E-state index is 0.146. The first-order valence-corrected chi connectivity index (χ1v) is 7.89. The van der Waals surface area contributed by atoms with Crippen molar-refractivity contribution >= 4 is 22.4 Å². The number of anilines is 2. The lowest BCUT2D eigenvalue weighted by Gasteiger charge is -2.11. The largest absolute Gasteiger partial charge is 0.323 e. The van der Waals surface area contributed by atoms with Crippen molar-refractivity contribution in [1.29, 1.82) is 0 Å². The smallest absolute Gasteiger partial charge is 0.275 e. The first-order valence-electron chi connectivity index (χ1n) is 7.89. The van der Waals surface area contributed by atoms with E-state index in [0.29, 0.717) is 17.7 Å². The van der Waals surface area contributed by atoms with Crippen molar-refractivity contribution in [2.45, 2.75) is 13.5 Å². The molecule has 0 radical (unpaired) electrons. The van der Waals surface area contributed by atoms with Gasteiger partial charge in [0.15, 0.2) is 5.82 Å². The Kier molecular flexibility index (Phi) is 3.74. The third kappa shape index (κ3) is 2.99. The number of benzene rings is 1. The average molecular weight is 332 g/mol. The van der Waals surface area contributed by atoms with Gasteiger partial charge < -0.3 is 5.32 Å². The Hall–Kier alpha value is -3.48. The highest BCUT2D eigenvalue weighted by Crippen LogP contribution is 2.21. The van der Waals surface area contributed by atoms with Gasteiger partial charge in [-0.2, -0.15) is 10.2 Å². The van der Waals surface area contributed by atoms with Gasteiger partial charge in [-0.3, -0.25) is 14.9 Å². The van der Waals surface area contributed by atoms with Crippen molar-refractivity contribution < 1.29 is 0 Å². The van der Waals surface area contributed by atoms with Crippen LogP contribution in [0.25, 0.3) is 10.8 Å². The molecule has 0 saturated heterocycles. The third-order valence-electron chi connectivity index (χ3n) is 3.86. The second-order valence-corrected chi connectivity index (χ2v) is 5.73. The number of rotatable bonds is 4. The molecule has 0 aliphatic heterocycles. The Morgan fingerprint density at radius 1 is 1.12 bits per heavy atom. The van der Waals surface area contributed by atoms with Crippen molar-refractivity contribution in [3.8, 4) is 0 Å². The van der Waals surface area contributed by atoms with E-state index in [0.717, 1.165) is 22.6 Å². The van der Waals surface area contributed by atoms with Crippen molar-refractivity contribution in [2.24, 2.45) is 0 Å². The van der Waals surface area contributed by atoms with E-state index in [2.05, 4.69) is 25.6 Å². The second kappa shape index (κ2) is 6.20. The normalized spacial score (nSPS) is 10.9. The van der Waals surface area contributed by atoms with Gasteiger partial charge in [-0.1, -0.05) is 24.3 Å². The van der Waals surface area contributed by atoms with Crippen LogP contribution in [0.3, 0.4) is 0 Å². The summed E-state index contributed by atoms with van der Waals surface area (Å²) >= 11 is 0. The van der Waals surface area contributed by atoms with E-state index in [-0.39, 0.29) is 5.56 Å². The monoisotopic (exact) mass is 332 g/mol. The van der Waals surface area contributed by atoms with E-state index in [1.54, 1.807) is 12.3 Å². The summed E-state index contributed by atoms with van der Waals surface area (Å²) in [5.41, 5.74) is 1.50. The lowest BCUT2D eigenvalue weighted by atomic mass is 10.2. The molecule has 0 atom stereocenters. The molecule has 0 amide bonds. The molecule has 124 valence electrons. The summed E-state index contributed by atoms with van der Waals surface area (Å²) in [6, 6.07) is 14.9. The van der Waals surface area contributed by atoms with Gasteiger partial charge in [-0.15, -0.1) is 0 Å². The molecule has 1 aromatic carbocycles. The summed E-state index contributed by atoms with van der Waals surface area (Å²) in [6.45, 7) is 2.20. The van der Waals surface area contributed by atoms with Crippen LogP contribution < -0.4 is 10.9 Å². The number of hydrogen-bond donors (Lipinski definition) is 2. The molecule has 4 rings (SSSR count). The maximum absolute atomic E-state index is 12.8. The minimum atomic E-state index is -0.146. The lowest BCUT2D eigenvalue weighted by molar-refractivity contribution is 0.639. The quantitative estimate of drug-likeness (QED) is 0.600. The van der Waals surface area contributed by atoms with Gasteiger partial charge in [0.2, 0.25) is 0 Å². The van der Waals surface area contributed by atoms with Crippen LogP contribution in [0, 0.1) is 6.92 Å². The summed E-state index contributed by atoms with van der Waals surface area (Å²) in [5, 5.41) is 16.1. The van der Waals surface area contributed by atoms with E-state index in [9.17, 15) is 4.79 Å². The van der Waals surface area contributed by atoms with Crippen LogP contribution in [0.2, 0.25) is 0 Å². The van der Waals surface area contributed by atoms with Crippen LogP contribution in [-0.2, 0) is 6.54 Å². The molecule has 4 aromatic rings. The Morgan fingerprint density at radius 2 is 1.92 bits per heavy atom. The fourth-order valence-electron chi connectivity index (χ4n) is 2.69. The van der Waals surface area contributed by atoms with E-state index < -0.39 is 0 Å². The Balaban J connectivity index is 1.83. The van der Waals surface area contributed by atoms with Gasteiger partial charge in [0.25, 0.3) is 5.56 Å². The van der Waals surface area contributed by atoms with Gasteiger partial charge in [-0.25, -0.2) is 4.68 Å². The number of aryl methyl sites for hydroxylation is 1. The minimum Gasteiger partial charge on any atom is -0.323 e. The SMILES string of the molecule is Cc1cc(Nc2nn(Cc3ccccn3)c(=O)c3ccccc23)[nH]n1. The predicted octanol–water partition coefficient (Wildman–Crippen LogP) is 2.61. The highest BCUT2D eigenvalue weighted by Gasteiger charge is 2.12. The fourth-order valence-corrected chi connectivity index (χ4v) is 2.69. The zero-order valence-electron chi connectivity index (χ0n) is 13.6.